The average molecular weight is 394 g/mol. The minimum atomic E-state index is 0. The lowest BCUT2D eigenvalue weighted by Crippen LogP contribution is -2.45. The highest BCUT2D eigenvalue weighted by Crippen LogP contribution is 2.40. The molecule has 1 aromatic rings. The van der Waals surface area contributed by atoms with Crippen LogP contribution in [0.15, 0.2) is 24.3 Å². The second kappa shape index (κ2) is 10.9. The molecule has 3 rings (SSSR count). The third kappa shape index (κ3) is 6.07. The Labute approximate surface area is 164 Å². The first-order valence-electron chi connectivity index (χ1n) is 8.89. The van der Waals surface area contributed by atoms with Gasteiger partial charge in [-0.25, -0.2) is 0 Å². The van der Waals surface area contributed by atoms with Crippen molar-refractivity contribution >= 4 is 36.4 Å². The molecule has 2 nitrogen and oxygen atoms in total. The fourth-order valence-corrected chi connectivity index (χ4v) is 4.35. The van der Waals surface area contributed by atoms with Gasteiger partial charge in [0.05, 0.1) is 0 Å². The summed E-state index contributed by atoms with van der Waals surface area (Å²) in [6.07, 6.45) is 6.87. The molecule has 2 unspecified atom stereocenters. The number of hydrogen-bond acceptors (Lipinski definition) is 2. The zero-order valence-corrected chi connectivity index (χ0v) is 17.0. The maximum absolute atomic E-state index is 6.21. The molecule has 0 bridgehead atoms. The lowest BCUT2D eigenvalue weighted by molar-refractivity contribution is 0.139. The molecule has 138 valence electrons. The van der Waals surface area contributed by atoms with Gasteiger partial charge in [0.25, 0.3) is 0 Å². The maximum Gasteiger partial charge on any atom is 0.0408 e. The summed E-state index contributed by atoms with van der Waals surface area (Å²) in [5.74, 6) is 1.56. The number of rotatable bonds is 4. The predicted molar refractivity (Wildman–Crippen MR) is 109 cm³/mol. The molecule has 2 fully saturated rings. The molecular weight excluding hydrogens is 363 g/mol. The van der Waals surface area contributed by atoms with Crippen molar-refractivity contribution in [2.45, 2.75) is 38.0 Å². The molecule has 1 saturated carbocycles. The number of benzene rings is 1. The Balaban J connectivity index is 0.00000144. The van der Waals surface area contributed by atoms with Crippen LogP contribution in [0.25, 0.3) is 0 Å². The van der Waals surface area contributed by atoms with Crippen molar-refractivity contribution < 1.29 is 0 Å². The minimum Gasteiger partial charge on any atom is -0.304 e. The standard InChI is InChI=1S/C19H29ClN2.2ClH/c1-21-11-13-22(14-12-21)10-9-16-5-2-3-8-19(16)17-6-4-7-18(20)15-17;;/h4,6-7,15-16,19H,2-3,5,8-14H2,1H3;2*1H. The van der Waals surface area contributed by atoms with Gasteiger partial charge < -0.3 is 9.80 Å². The van der Waals surface area contributed by atoms with Crippen LogP contribution >= 0.6 is 36.4 Å². The van der Waals surface area contributed by atoms with Crippen LogP contribution in [0.3, 0.4) is 0 Å². The van der Waals surface area contributed by atoms with Crippen molar-refractivity contribution in [2.24, 2.45) is 5.92 Å². The van der Waals surface area contributed by atoms with Gasteiger partial charge in [-0.2, -0.15) is 0 Å². The third-order valence-electron chi connectivity index (χ3n) is 5.60. The van der Waals surface area contributed by atoms with Gasteiger partial charge in [-0.15, -0.1) is 24.8 Å². The van der Waals surface area contributed by atoms with E-state index >= 15 is 0 Å². The van der Waals surface area contributed by atoms with Gasteiger partial charge in [-0.1, -0.05) is 36.6 Å². The first-order valence-corrected chi connectivity index (χ1v) is 9.26. The number of halogens is 3. The lowest BCUT2D eigenvalue weighted by atomic mass is 9.74. The van der Waals surface area contributed by atoms with Crippen molar-refractivity contribution in [3.63, 3.8) is 0 Å². The zero-order chi connectivity index (χ0) is 15.4. The summed E-state index contributed by atoms with van der Waals surface area (Å²) in [5, 5.41) is 0.890. The maximum atomic E-state index is 6.21. The van der Waals surface area contributed by atoms with E-state index in [1.165, 1.54) is 70.4 Å². The van der Waals surface area contributed by atoms with Gasteiger partial charge in [0.2, 0.25) is 0 Å². The molecule has 1 aromatic carbocycles. The summed E-state index contributed by atoms with van der Waals surface area (Å²) in [6.45, 7) is 6.20. The van der Waals surface area contributed by atoms with Crippen molar-refractivity contribution in [1.82, 2.24) is 9.80 Å². The first-order chi connectivity index (χ1) is 10.7. The van der Waals surface area contributed by atoms with Gasteiger partial charge in [0.15, 0.2) is 0 Å². The summed E-state index contributed by atoms with van der Waals surface area (Å²) in [6, 6.07) is 8.59. The quantitative estimate of drug-likeness (QED) is 0.702. The molecule has 0 spiro atoms. The van der Waals surface area contributed by atoms with Gasteiger partial charge in [0, 0.05) is 31.2 Å². The Hall–Kier alpha value is 0.01000. The van der Waals surface area contributed by atoms with E-state index in [1.807, 2.05) is 6.07 Å². The first kappa shape index (κ1) is 22.1. The molecule has 1 saturated heterocycles. The Morgan fingerprint density at radius 2 is 1.75 bits per heavy atom. The number of piperazine rings is 1. The van der Waals surface area contributed by atoms with Gasteiger partial charge >= 0.3 is 0 Å². The van der Waals surface area contributed by atoms with Crippen LogP contribution in [-0.4, -0.2) is 49.6 Å². The highest BCUT2D eigenvalue weighted by Gasteiger charge is 2.27. The van der Waals surface area contributed by atoms with Crippen molar-refractivity contribution in [2.75, 3.05) is 39.8 Å². The Morgan fingerprint density at radius 3 is 2.46 bits per heavy atom. The molecule has 0 N–H and O–H groups in total. The van der Waals surface area contributed by atoms with Crippen LogP contribution in [0.5, 0.6) is 0 Å². The van der Waals surface area contributed by atoms with Crippen LogP contribution in [0.2, 0.25) is 5.02 Å². The van der Waals surface area contributed by atoms with E-state index in [0.29, 0.717) is 0 Å². The topological polar surface area (TPSA) is 6.48 Å². The molecule has 0 amide bonds. The normalized spacial score (nSPS) is 25.6. The third-order valence-corrected chi connectivity index (χ3v) is 5.83. The number of likely N-dealkylation sites (N-methyl/N-ethyl adjacent to an activating group) is 1. The smallest absolute Gasteiger partial charge is 0.0408 e. The molecule has 2 aliphatic rings. The SMILES string of the molecule is CN1CCN(CCC2CCCCC2c2cccc(Cl)c2)CC1.Cl.Cl. The van der Waals surface area contributed by atoms with Gasteiger partial charge in [0.1, 0.15) is 0 Å². The zero-order valence-electron chi connectivity index (χ0n) is 14.6. The Morgan fingerprint density at radius 1 is 1.04 bits per heavy atom. The molecule has 2 atom stereocenters. The van der Waals surface area contributed by atoms with E-state index in [-0.39, 0.29) is 24.8 Å². The van der Waals surface area contributed by atoms with E-state index < -0.39 is 0 Å². The molecule has 0 radical (unpaired) electrons. The number of hydrogen-bond donors (Lipinski definition) is 0. The fraction of sp³-hybridized carbons (Fsp3) is 0.684. The van der Waals surface area contributed by atoms with Crippen molar-refractivity contribution in [3.05, 3.63) is 34.9 Å². The van der Waals surface area contributed by atoms with Crippen molar-refractivity contribution in [1.29, 1.82) is 0 Å². The second-order valence-corrected chi connectivity index (χ2v) is 7.58. The summed E-state index contributed by atoms with van der Waals surface area (Å²) in [5.41, 5.74) is 1.47. The van der Waals surface area contributed by atoms with E-state index in [1.54, 1.807) is 0 Å². The van der Waals surface area contributed by atoms with Gasteiger partial charge in [-0.3, -0.25) is 0 Å². The second-order valence-electron chi connectivity index (χ2n) is 7.14. The van der Waals surface area contributed by atoms with E-state index in [2.05, 4.69) is 35.0 Å². The molecule has 1 aliphatic carbocycles. The summed E-state index contributed by atoms with van der Waals surface area (Å²) in [4.78, 5) is 5.09. The highest BCUT2D eigenvalue weighted by atomic mass is 35.5. The van der Waals surface area contributed by atoms with E-state index in [0.717, 1.165) is 16.9 Å². The fourth-order valence-electron chi connectivity index (χ4n) is 4.15. The van der Waals surface area contributed by atoms with Crippen LogP contribution < -0.4 is 0 Å². The predicted octanol–water partition coefficient (Wildman–Crippen LogP) is 5.09. The van der Waals surface area contributed by atoms with Crippen LogP contribution in [-0.2, 0) is 0 Å². The monoisotopic (exact) mass is 392 g/mol. The average Bonchev–Trinajstić information content (AvgIpc) is 2.55. The van der Waals surface area contributed by atoms with E-state index in [9.17, 15) is 0 Å². The minimum absolute atomic E-state index is 0. The highest BCUT2D eigenvalue weighted by molar-refractivity contribution is 6.30. The molecular formula is C19H31Cl3N2. The largest absolute Gasteiger partial charge is 0.304 e. The van der Waals surface area contributed by atoms with E-state index in [4.69, 9.17) is 11.6 Å². The summed E-state index contributed by atoms with van der Waals surface area (Å²) < 4.78 is 0. The molecule has 1 aliphatic heterocycles. The van der Waals surface area contributed by atoms with Gasteiger partial charge in [-0.05, 0) is 62.4 Å². The summed E-state index contributed by atoms with van der Waals surface area (Å²) >= 11 is 6.21. The Kier molecular flexibility index (Phi) is 10.00. The molecule has 1 heterocycles. The number of nitrogens with zero attached hydrogens (tertiary/aromatic N) is 2. The van der Waals surface area contributed by atoms with Crippen LogP contribution in [0.4, 0.5) is 0 Å². The molecule has 0 aromatic heterocycles. The molecule has 5 heteroatoms. The lowest BCUT2D eigenvalue weighted by Gasteiger charge is -2.36. The summed E-state index contributed by atoms with van der Waals surface area (Å²) in [7, 11) is 2.23. The molecule has 24 heavy (non-hydrogen) atoms. The van der Waals surface area contributed by atoms with Crippen LogP contribution in [0, 0.1) is 5.92 Å². The Bertz CT molecular complexity index is 475. The van der Waals surface area contributed by atoms with Crippen molar-refractivity contribution in [3.8, 4) is 0 Å². The van der Waals surface area contributed by atoms with Crippen LogP contribution in [0.1, 0.15) is 43.6 Å².